The second-order valence-corrected chi connectivity index (χ2v) is 0. The third kappa shape index (κ3) is 8.87. The fraction of sp³-hybridized carbons (Fsp3) is 0. The third-order valence-electron chi connectivity index (χ3n) is 0. The van der Waals surface area contributed by atoms with Crippen LogP contribution >= 0.6 is 71.9 Å². The maximum absolute atomic E-state index is 0. The molecule has 0 aromatic rings. The van der Waals surface area contributed by atoms with Crippen molar-refractivity contribution in [3.63, 3.8) is 0 Å². The summed E-state index contributed by atoms with van der Waals surface area (Å²) in [5.74, 6) is 0. The first-order valence-electron chi connectivity index (χ1n) is 0. The van der Waals surface area contributed by atoms with Gasteiger partial charge in [0.1, 0.15) is 0 Å². The molecule has 4 heteroatoms. The van der Waals surface area contributed by atoms with E-state index >= 15 is 0 Å². The highest BCUT2D eigenvalue weighted by Gasteiger charge is 0.0000284. The molecule has 0 aliphatic rings. The van der Waals surface area contributed by atoms with E-state index in [2.05, 4.69) is 0 Å². The molecule has 0 aromatic carbocycles. The van der Waals surface area contributed by atoms with Gasteiger partial charge in [-0.1, -0.05) is 0 Å². The van der Waals surface area contributed by atoms with Crippen molar-refractivity contribution in [2.24, 2.45) is 0 Å². The van der Waals surface area contributed by atoms with Crippen molar-refractivity contribution in [2.75, 3.05) is 0 Å². The zero-order valence-corrected chi connectivity index (χ0v) is 8.79. The molecule has 0 aliphatic carbocycles. The van der Waals surface area contributed by atoms with E-state index in [-0.39, 0.29) is 80.3 Å². The molecule has 0 aromatic heterocycles. The molecule has 0 aliphatic heterocycles. The molecule has 0 rings (SSSR count). The van der Waals surface area contributed by atoms with Gasteiger partial charge in [0.15, 0.2) is 0 Å². The fourth-order valence-electron chi connectivity index (χ4n) is 0. The number of hydrogen-bond acceptors (Lipinski definition) is 0. The van der Waals surface area contributed by atoms with Crippen molar-refractivity contribution in [1.82, 2.24) is 0 Å². The standard InChI is InChI=1S/B.3HI/h;3*1H. The molecule has 0 unspecified atom stereocenters. The zero-order valence-electron chi connectivity index (χ0n) is 1.80. The molecule has 0 atom stereocenters. The lowest BCUT2D eigenvalue weighted by atomic mass is 10.8. The molecule has 0 saturated heterocycles. The first-order chi connectivity index (χ1) is 0. The number of hydrogen-bond donors (Lipinski definition) is 0. The van der Waals surface area contributed by atoms with Gasteiger partial charge in [0.2, 0.25) is 0 Å². The van der Waals surface area contributed by atoms with Gasteiger partial charge in [-0.05, 0) is 0 Å². The minimum atomic E-state index is 0. The van der Waals surface area contributed by atoms with Gasteiger partial charge in [-0.15, -0.1) is 71.9 Å². The molecule has 0 N–H and O–H groups in total. The van der Waals surface area contributed by atoms with E-state index in [4.69, 9.17) is 0 Å². The molecule has 0 spiro atoms. The molecule has 0 amide bonds. The van der Waals surface area contributed by atoms with Gasteiger partial charge < -0.3 is 0 Å². The molecular formula is H3BI3. The van der Waals surface area contributed by atoms with Crippen LogP contribution in [0.5, 0.6) is 0 Å². The Morgan fingerprint density at radius 3 is 0.500 bits per heavy atom. The second kappa shape index (κ2) is 18.7. The van der Waals surface area contributed by atoms with Gasteiger partial charge in [0.05, 0.1) is 0 Å². The summed E-state index contributed by atoms with van der Waals surface area (Å²) in [6.45, 7) is 0. The highest BCUT2D eigenvalue weighted by atomic mass is 127. The summed E-state index contributed by atoms with van der Waals surface area (Å²) < 4.78 is 0. The molecule has 0 nitrogen and oxygen atoms in total. The Labute approximate surface area is 79.1 Å². The normalized spacial score (nSPS) is 0. The second-order valence-electron chi connectivity index (χ2n) is 0. The first-order valence-corrected chi connectivity index (χ1v) is 0. The Morgan fingerprint density at radius 2 is 0.500 bits per heavy atom. The molecule has 4 heavy (non-hydrogen) atoms. The van der Waals surface area contributed by atoms with Gasteiger partial charge in [0.25, 0.3) is 0 Å². The monoisotopic (exact) mass is 395 g/mol. The first kappa shape index (κ1) is 34.0. The van der Waals surface area contributed by atoms with Crippen LogP contribution in [0.4, 0.5) is 0 Å². The third-order valence-corrected chi connectivity index (χ3v) is 0. The predicted octanol–water partition coefficient (Wildman–Crippen LogP) is 1.47. The smallest absolute Gasteiger partial charge is 0 e. The topological polar surface area (TPSA) is 0 Å². The van der Waals surface area contributed by atoms with Crippen LogP contribution in [0.15, 0.2) is 0 Å². The Hall–Kier alpha value is 2.25. The Bertz CT molecular complexity index is 3.25. The van der Waals surface area contributed by atoms with Crippen LogP contribution in [0.3, 0.4) is 0 Å². The highest BCUT2D eigenvalue weighted by molar-refractivity contribution is 14.0. The average molecular weight is 395 g/mol. The van der Waals surface area contributed by atoms with Gasteiger partial charge in [0, 0.05) is 8.41 Å². The van der Waals surface area contributed by atoms with E-state index in [1.165, 1.54) is 0 Å². The van der Waals surface area contributed by atoms with Gasteiger partial charge in [-0.2, -0.15) is 0 Å². The molecule has 0 heterocycles. The zero-order chi connectivity index (χ0) is 0. The lowest BCUT2D eigenvalue weighted by Gasteiger charge is -0.108. The van der Waals surface area contributed by atoms with E-state index in [9.17, 15) is 0 Å². The van der Waals surface area contributed by atoms with Crippen LogP contribution < -0.4 is 0 Å². The van der Waals surface area contributed by atoms with Crippen LogP contribution in [0.1, 0.15) is 0 Å². The molecule has 0 bridgehead atoms. The molecule has 0 saturated carbocycles. The van der Waals surface area contributed by atoms with E-state index in [0.717, 1.165) is 0 Å². The van der Waals surface area contributed by atoms with Crippen molar-refractivity contribution in [3.05, 3.63) is 0 Å². The van der Waals surface area contributed by atoms with Crippen LogP contribution in [-0.4, -0.2) is 8.41 Å². The van der Waals surface area contributed by atoms with Crippen LogP contribution in [0.2, 0.25) is 0 Å². The fourth-order valence-corrected chi connectivity index (χ4v) is 0. The number of rotatable bonds is 0. The number of halogens is 3. The lowest BCUT2D eigenvalue weighted by Crippen LogP contribution is -0.381. The minimum absolute atomic E-state index is 0. The van der Waals surface area contributed by atoms with E-state index < -0.39 is 0 Å². The average Bonchev–Trinajstić information content (AvgIpc) is 0. The summed E-state index contributed by atoms with van der Waals surface area (Å²) in [5, 5.41) is 0. The van der Waals surface area contributed by atoms with Crippen LogP contribution in [-0.2, 0) is 0 Å². The largest absolute Gasteiger partial charge is 0.107 e. The maximum atomic E-state index is 0. The van der Waals surface area contributed by atoms with E-state index in [1.54, 1.807) is 0 Å². The van der Waals surface area contributed by atoms with Crippen LogP contribution in [0.25, 0.3) is 0 Å². The van der Waals surface area contributed by atoms with Crippen molar-refractivity contribution in [2.45, 2.75) is 0 Å². The predicted molar refractivity (Wildman–Crippen MR) is 52.0 cm³/mol. The van der Waals surface area contributed by atoms with Crippen molar-refractivity contribution >= 4 is 80.3 Å². The summed E-state index contributed by atoms with van der Waals surface area (Å²) in [4.78, 5) is 0. The summed E-state index contributed by atoms with van der Waals surface area (Å²) in [6.07, 6.45) is 0. The van der Waals surface area contributed by atoms with Crippen molar-refractivity contribution in [3.8, 4) is 0 Å². The van der Waals surface area contributed by atoms with Crippen LogP contribution in [0, 0.1) is 0 Å². The molecular weight excluding hydrogens is 392 g/mol. The molecule has 27 valence electrons. The van der Waals surface area contributed by atoms with Gasteiger partial charge in [-0.3, -0.25) is 0 Å². The summed E-state index contributed by atoms with van der Waals surface area (Å²) in [6, 6.07) is 0. The summed E-state index contributed by atoms with van der Waals surface area (Å²) >= 11 is 0. The lowest BCUT2D eigenvalue weighted by molar-refractivity contribution is 5.75. The SMILES string of the molecule is I.I.I.[B]. The van der Waals surface area contributed by atoms with E-state index in [0.29, 0.717) is 0 Å². The summed E-state index contributed by atoms with van der Waals surface area (Å²) in [5.41, 5.74) is 0. The molecule has 3 radical (unpaired) electrons. The Morgan fingerprint density at radius 1 is 0.500 bits per heavy atom. The summed E-state index contributed by atoms with van der Waals surface area (Å²) in [7, 11) is 0. The van der Waals surface area contributed by atoms with Crippen molar-refractivity contribution in [1.29, 1.82) is 0 Å². The highest BCUT2D eigenvalue weighted by Crippen LogP contribution is 0.888. The van der Waals surface area contributed by atoms with E-state index in [1.807, 2.05) is 0 Å². The molecule has 0 fully saturated rings. The minimum Gasteiger partial charge on any atom is -0.107 e. The Kier molecular flexibility index (Phi) is 159. The van der Waals surface area contributed by atoms with Gasteiger partial charge in [-0.25, -0.2) is 0 Å². The Balaban J connectivity index is 0. The quantitative estimate of drug-likeness (QED) is 0.431. The van der Waals surface area contributed by atoms with Crippen molar-refractivity contribution < 1.29 is 0 Å². The van der Waals surface area contributed by atoms with Gasteiger partial charge >= 0.3 is 0 Å². The maximum Gasteiger partial charge on any atom is 0 e.